The third-order valence-corrected chi connectivity index (χ3v) is 4.21. The summed E-state index contributed by atoms with van der Waals surface area (Å²) in [7, 11) is 0. The Labute approximate surface area is 125 Å². The van der Waals surface area contributed by atoms with Crippen molar-refractivity contribution in [3.63, 3.8) is 0 Å². The van der Waals surface area contributed by atoms with Gasteiger partial charge in [-0.1, -0.05) is 87.4 Å². The van der Waals surface area contributed by atoms with Crippen molar-refractivity contribution in [2.24, 2.45) is 11.8 Å². The molecule has 0 nitrogen and oxygen atoms in total. The molecule has 0 N–H and O–H groups in total. The first-order chi connectivity index (χ1) is 9.79. The van der Waals surface area contributed by atoms with Gasteiger partial charge in [0.1, 0.15) is 0 Å². The third-order valence-electron chi connectivity index (χ3n) is 4.21. The normalized spacial score (nSPS) is 13.9. The van der Waals surface area contributed by atoms with E-state index < -0.39 is 0 Å². The first-order valence-corrected chi connectivity index (χ1v) is 7.87. The van der Waals surface area contributed by atoms with Gasteiger partial charge in [-0.05, 0) is 35.8 Å². The minimum atomic E-state index is 0. The van der Waals surface area contributed by atoms with Crippen LogP contribution in [0.5, 0.6) is 0 Å². The maximum atomic E-state index is 2.41. The van der Waals surface area contributed by atoms with Crippen molar-refractivity contribution in [1.82, 2.24) is 0 Å². The first-order valence-electron chi connectivity index (χ1n) is 7.87. The third kappa shape index (κ3) is 4.52. The summed E-state index contributed by atoms with van der Waals surface area (Å²) in [6.07, 6.45) is 5.00. The van der Waals surface area contributed by atoms with Crippen molar-refractivity contribution in [3.8, 4) is 0 Å². The molecule has 0 heteroatoms. The fourth-order valence-corrected chi connectivity index (χ4v) is 3.03. The lowest BCUT2D eigenvalue weighted by molar-refractivity contribution is 0.328. The zero-order valence-electron chi connectivity index (χ0n) is 13.8. The maximum absolute atomic E-state index is 2.41. The predicted octanol–water partition coefficient (Wildman–Crippen LogP) is 5.64. The lowest BCUT2D eigenvalue weighted by Gasteiger charge is -2.24. The molecule has 0 radical (unpaired) electrons. The van der Waals surface area contributed by atoms with Crippen LogP contribution in [-0.2, 0) is 12.8 Å². The fourth-order valence-electron chi connectivity index (χ4n) is 3.03. The lowest BCUT2D eigenvalue weighted by Crippen LogP contribution is -2.17. The van der Waals surface area contributed by atoms with Gasteiger partial charge >= 0.3 is 1.43 Å². The van der Waals surface area contributed by atoms with E-state index in [0.717, 1.165) is 11.8 Å². The summed E-state index contributed by atoms with van der Waals surface area (Å²) >= 11 is 0. The van der Waals surface area contributed by atoms with E-state index in [1.807, 2.05) is 0 Å². The average molecular weight is 267 g/mol. The van der Waals surface area contributed by atoms with Gasteiger partial charge < -0.3 is 0 Å². The summed E-state index contributed by atoms with van der Waals surface area (Å²) in [4.78, 5) is 0. The average Bonchev–Trinajstić information content (AvgIpc) is 2.49. The Balaban J connectivity index is 0.00000220. The molecule has 2 rings (SSSR count). The van der Waals surface area contributed by atoms with E-state index >= 15 is 0 Å². The van der Waals surface area contributed by atoms with E-state index in [1.54, 1.807) is 0 Å². The molecule has 2 aromatic rings. The summed E-state index contributed by atoms with van der Waals surface area (Å²) in [5.41, 5.74) is 2.94. The first kappa shape index (κ1) is 14.8. The highest BCUT2D eigenvalue weighted by atomic mass is 14.2. The van der Waals surface area contributed by atoms with Gasteiger partial charge in [-0.3, -0.25) is 0 Å². The van der Waals surface area contributed by atoms with Gasteiger partial charge in [0.25, 0.3) is 0 Å². The van der Waals surface area contributed by atoms with Gasteiger partial charge in [0.05, 0.1) is 0 Å². The maximum Gasteiger partial charge on any atom is 1.00 e. The summed E-state index contributed by atoms with van der Waals surface area (Å²) in [5, 5.41) is 0. The molecule has 0 fully saturated rings. The standard InChI is InChI=1S/C20H26/c1-3-10-20(16-19-13-8-5-9-14-19)17(2)15-18-11-6-4-7-12-18/h4-9,11-14,17,20H,3,10,15-16H2,1-2H3/p+1. The Morgan fingerprint density at radius 3 is 1.80 bits per heavy atom. The fraction of sp³-hybridized carbons (Fsp3) is 0.400. The highest BCUT2D eigenvalue weighted by molar-refractivity contribution is 5.17. The zero-order valence-corrected chi connectivity index (χ0v) is 12.8. The van der Waals surface area contributed by atoms with Crippen molar-refractivity contribution < 1.29 is 1.43 Å². The molecular weight excluding hydrogens is 240 g/mol. The SMILES string of the molecule is CCCC(Cc1ccccc1)C(C)Cc1ccccc1.[H+]. The monoisotopic (exact) mass is 267 g/mol. The highest BCUT2D eigenvalue weighted by Gasteiger charge is 2.17. The van der Waals surface area contributed by atoms with Crippen LogP contribution in [-0.4, -0.2) is 0 Å². The molecule has 2 aromatic carbocycles. The van der Waals surface area contributed by atoms with Gasteiger partial charge in [-0.25, -0.2) is 0 Å². The largest absolute Gasteiger partial charge is 1.00 e. The summed E-state index contributed by atoms with van der Waals surface area (Å²) in [6, 6.07) is 21.8. The molecule has 0 aliphatic rings. The molecule has 2 unspecified atom stereocenters. The molecule has 20 heavy (non-hydrogen) atoms. The molecule has 0 saturated heterocycles. The molecule has 2 atom stereocenters. The molecular formula is C20H27+. The number of benzene rings is 2. The molecule has 0 heterocycles. The lowest BCUT2D eigenvalue weighted by atomic mass is 9.81. The van der Waals surface area contributed by atoms with Crippen molar-refractivity contribution in [2.75, 3.05) is 0 Å². The van der Waals surface area contributed by atoms with Crippen molar-refractivity contribution in [3.05, 3.63) is 71.8 Å². The molecule has 0 amide bonds. The van der Waals surface area contributed by atoms with E-state index in [9.17, 15) is 0 Å². The minimum Gasteiger partial charge on any atom is -0.0654 e. The van der Waals surface area contributed by atoms with Crippen LogP contribution in [0.2, 0.25) is 0 Å². The van der Waals surface area contributed by atoms with Gasteiger partial charge in [0, 0.05) is 0 Å². The summed E-state index contributed by atoms with van der Waals surface area (Å²) in [6.45, 7) is 4.71. The molecule has 0 saturated carbocycles. The smallest absolute Gasteiger partial charge is 0.0654 e. The van der Waals surface area contributed by atoms with Crippen molar-refractivity contribution in [2.45, 2.75) is 39.5 Å². The Hall–Kier alpha value is -1.56. The number of rotatable bonds is 7. The molecule has 0 spiro atoms. The van der Waals surface area contributed by atoms with Gasteiger partial charge in [-0.15, -0.1) is 0 Å². The highest BCUT2D eigenvalue weighted by Crippen LogP contribution is 2.25. The quantitative estimate of drug-likeness (QED) is 0.609. The molecule has 106 valence electrons. The van der Waals surface area contributed by atoms with E-state index in [1.165, 1.54) is 36.8 Å². The second-order valence-electron chi connectivity index (χ2n) is 5.91. The Kier molecular flexibility index (Phi) is 5.86. The van der Waals surface area contributed by atoms with Crippen LogP contribution in [0.15, 0.2) is 60.7 Å². The number of hydrogen-bond donors (Lipinski definition) is 0. The molecule has 0 bridgehead atoms. The van der Waals surface area contributed by atoms with Gasteiger partial charge in [0.15, 0.2) is 0 Å². The van der Waals surface area contributed by atoms with Crippen molar-refractivity contribution >= 4 is 0 Å². The van der Waals surface area contributed by atoms with Crippen LogP contribution in [0, 0.1) is 11.8 Å². The topological polar surface area (TPSA) is 0 Å². The van der Waals surface area contributed by atoms with E-state index in [-0.39, 0.29) is 1.43 Å². The molecule has 0 aliphatic heterocycles. The van der Waals surface area contributed by atoms with E-state index in [0.29, 0.717) is 0 Å². The minimum absolute atomic E-state index is 0. The van der Waals surface area contributed by atoms with Gasteiger partial charge in [0.2, 0.25) is 0 Å². The number of hydrogen-bond acceptors (Lipinski definition) is 0. The van der Waals surface area contributed by atoms with Crippen molar-refractivity contribution in [1.29, 1.82) is 0 Å². The van der Waals surface area contributed by atoms with Gasteiger partial charge in [-0.2, -0.15) is 0 Å². The summed E-state index contributed by atoms with van der Waals surface area (Å²) in [5.74, 6) is 1.51. The second kappa shape index (κ2) is 7.89. The van der Waals surface area contributed by atoms with E-state index in [2.05, 4.69) is 74.5 Å². The zero-order chi connectivity index (χ0) is 14.2. The summed E-state index contributed by atoms with van der Waals surface area (Å²) < 4.78 is 0. The Bertz CT molecular complexity index is 478. The molecule has 0 aliphatic carbocycles. The van der Waals surface area contributed by atoms with E-state index in [4.69, 9.17) is 0 Å². The van der Waals surface area contributed by atoms with Crippen LogP contribution in [0.4, 0.5) is 0 Å². The Morgan fingerprint density at radius 2 is 1.30 bits per heavy atom. The Morgan fingerprint density at radius 1 is 0.800 bits per heavy atom. The van der Waals surface area contributed by atoms with Crippen LogP contribution < -0.4 is 0 Å². The van der Waals surface area contributed by atoms with Crippen LogP contribution in [0.1, 0.15) is 39.2 Å². The van der Waals surface area contributed by atoms with Crippen LogP contribution in [0.3, 0.4) is 0 Å². The van der Waals surface area contributed by atoms with Crippen LogP contribution >= 0.6 is 0 Å². The van der Waals surface area contributed by atoms with Crippen LogP contribution in [0.25, 0.3) is 0 Å². The second-order valence-corrected chi connectivity index (χ2v) is 5.91. The molecule has 0 aromatic heterocycles. The predicted molar refractivity (Wildman–Crippen MR) is 89.0 cm³/mol.